The largest absolute Gasteiger partial charge is 0.508 e. The molecule has 2 aliphatic heterocycles. The van der Waals surface area contributed by atoms with E-state index in [2.05, 4.69) is 46.6 Å². The van der Waals surface area contributed by atoms with Crippen LogP contribution in [0.2, 0.25) is 0 Å². The fraction of sp³-hybridized carbons (Fsp3) is 0.276. The van der Waals surface area contributed by atoms with E-state index < -0.39 is 50.6 Å². The number of hydrogen-bond acceptors (Lipinski definition) is 14. The molecule has 3 unspecified atom stereocenters. The first-order chi connectivity index (χ1) is 38.1. The van der Waals surface area contributed by atoms with Gasteiger partial charge in [0.25, 0.3) is 30.4 Å². The van der Waals surface area contributed by atoms with Crippen molar-refractivity contribution in [2.75, 3.05) is 0 Å². The summed E-state index contributed by atoms with van der Waals surface area (Å²) in [5, 5.41) is 23.3. The van der Waals surface area contributed by atoms with Crippen LogP contribution in [0.25, 0.3) is 89.7 Å². The zero-order valence-corrected chi connectivity index (χ0v) is 45.0. The Labute approximate surface area is 458 Å². The van der Waals surface area contributed by atoms with Gasteiger partial charge in [-0.1, -0.05) is 24.8 Å². The Kier molecular flexibility index (Phi) is 12.0. The third-order valence-electron chi connectivity index (χ3n) is 17.2. The summed E-state index contributed by atoms with van der Waals surface area (Å²) in [6.45, 7) is 2.31. The molecule has 404 valence electrons. The minimum atomic E-state index is -4.72. The molecule has 5 aromatic carbocycles. The zero-order chi connectivity index (χ0) is 55.7. The molecule has 5 aliphatic rings. The molecule has 5 heterocycles. The molecule has 19 nitrogen and oxygen atoms in total. The van der Waals surface area contributed by atoms with Crippen molar-refractivity contribution >= 4 is 74.5 Å². The zero-order valence-electron chi connectivity index (χ0n) is 42.6. The molecule has 2 saturated carbocycles. The number of benzene rings is 5. The lowest BCUT2D eigenvalue weighted by Crippen LogP contribution is -2.50. The quantitative estimate of drug-likeness (QED) is 0.0444. The summed E-state index contributed by atoms with van der Waals surface area (Å²) in [4.78, 5) is 33.8. The van der Waals surface area contributed by atoms with Crippen molar-refractivity contribution in [2.24, 2.45) is 17.3 Å². The molecule has 3 aromatic heterocycles. The lowest BCUT2D eigenvalue weighted by molar-refractivity contribution is -0.108. The number of unbranched alkanes of at least 4 members (excludes halogenated alkanes) is 2. The summed E-state index contributed by atoms with van der Waals surface area (Å²) < 4.78 is 105. The Hall–Kier alpha value is -7.93. The Balaban J connectivity index is 0.849. The molecule has 0 spiro atoms. The fourth-order valence-electron chi connectivity index (χ4n) is 13.2. The van der Waals surface area contributed by atoms with Crippen LogP contribution in [0.3, 0.4) is 0 Å². The molecule has 0 saturated heterocycles. The van der Waals surface area contributed by atoms with Gasteiger partial charge in [0.2, 0.25) is 0 Å². The van der Waals surface area contributed by atoms with Crippen LogP contribution in [0.15, 0.2) is 106 Å². The van der Waals surface area contributed by atoms with E-state index in [1.165, 1.54) is 59.7 Å². The molecule has 5 atom stereocenters. The molecule has 8 bridgehead atoms. The maximum Gasteiger partial charge on any atom is 0.294 e. The van der Waals surface area contributed by atoms with Crippen LogP contribution >= 0.6 is 0 Å². The number of phenols is 1. The lowest BCUT2D eigenvalue weighted by atomic mass is 9.53. The van der Waals surface area contributed by atoms with E-state index in [0.29, 0.717) is 63.0 Å². The summed E-state index contributed by atoms with van der Waals surface area (Å²) in [7, 11) is -14.2. The van der Waals surface area contributed by atoms with Crippen LogP contribution in [0, 0.1) is 40.9 Å². The normalized spacial score (nSPS) is 21.1. The number of aryl methyl sites for hydroxylation is 1. The number of phenolic OH excluding ortho intramolecular Hbond substituents is 1. The van der Waals surface area contributed by atoms with Gasteiger partial charge < -0.3 is 20.2 Å². The number of nitrogens with one attached hydrogen (secondary N) is 2. The van der Waals surface area contributed by atoms with Crippen molar-refractivity contribution in [3.63, 3.8) is 0 Å². The summed E-state index contributed by atoms with van der Waals surface area (Å²) in [6, 6.07) is 22.4. The average Bonchev–Trinajstić information content (AvgIpc) is 3.65. The summed E-state index contributed by atoms with van der Waals surface area (Å²) in [5.41, 5.74) is 3.98. The highest BCUT2D eigenvalue weighted by molar-refractivity contribution is 7.86. The molecule has 80 heavy (non-hydrogen) atoms. The predicted octanol–water partition coefficient (Wildman–Crippen LogP) is 9.52. The number of rotatable bonds is 7. The standard InChI is InChI=1S/C58H48N8O11S3/c1-57-24-21-38-37-17-11-33(67)27-32(37)10-16-39(38)48(57)22-25-58(57,68)23-7-5-3-2-4-6-8-31-9-15-40-44(26-31)53-59-49(40)61-54-46-29-35(79(72,73)74)13-19-42(46)51(63-54)65-56-47-30-36(80(75,76)77)14-20-43(47)52(66-56)64-55-45-28-34(78(69,70)71)12-18-41(45)50(60-53)62-55/h9,11-15,17-20,26-30,38-39,48,67-68H,3,5,7,10,16,21-25H2,1H3,(H,69,70,71)(H,72,73,74)(H,75,76,77)(H2,59,60,61,62,63,64,65,66)/t38?,39?,48?,57-,58-/m0/s1. The van der Waals surface area contributed by atoms with E-state index in [-0.39, 0.29) is 67.6 Å². The van der Waals surface area contributed by atoms with Crippen molar-refractivity contribution < 1.29 is 49.1 Å². The van der Waals surface area contributed by atoms with Crippen LogP contribution in [0.1, 0.15) is 87.3 Å². The maximum atomic E-state index is 12.5. The fourth-order valence-corrected chi connectivity index (χ4v) is 14.7. The molecule has 13 rings (SSSR count). The number of aromatic hydroxyl groups is 1. The first-order valence-corrected chi connectivity index (χ1v) is 30.3. The predicted molar refractivity (Wildman–Crippen MR) is 296 cm³/mol. The number of aromatic amines is 2. The van der Waals surface area contributed by atoms with Gasteiger partial charge in [0.1, 0.15) is 28.3 Å². The monoisotopic (exact) mass is 1130 g/mol. The Morgan fingerprint density at radius 1 is 0.575 bits per heavy atom. The van der Waals surface area contributed by atoms with Crippen LogP contribution in [0.5, 0.6) is 5.75 Å². The van der Waals surface area contributed by atoms with Crippen molar-refractivity contribution in [3.05, 3.63) is 108 Å². The first-order valence-electron chi connectivity index (χ1n) is 26.0. The third kappa shape index (κ3) is 8.78. The molecule has 0 amide bonds. The van der Waals surface area contributed by atoms with Gasteiger partial charge in [-0.15, -0.1) is 0 Å². The molecule has 8 aromatic rings. The molecule has 7 N–H and O–H groups in total. The SMILES string of the molecule is C[C@]12CCC3c4ccc(O)cc4CCC3C1CC[C@@]2(O)CCCCC#CC#Cc1ccc2c(c1)-c1nc3nc(nc4[nH]c(nc5[nH]c(nc-2n1)c1cc(S(=O)(=O)O)ccc51)c1cc(S(=O)(=O)O)ccc41)-c1cc(S(=O)(=O)O)ccc1-3. The topological polar surface area (TPSA) is 312 Å². The van der Waals surface area contributed by atoms with Gasteiger partial charge in [0.15, 0.2) is 23.3 Å². The van der Waals surface area contributed by atoms with Crippen molar-refractivity contribution in [2.45, 2.75) is 97.3 Å². The number of hydrogen-bond donors (Lipinski definition) is 7. The Bertz CT molecular complexity index is 4710. The molecule has 22 heteroatoms. The number of aliphatic hydroxyl groups is 1. The average molecular weight is 1130 g/mol. The van der Waals surface area contributed by atoms with Gasteiger partial charge in [0, 0.05) is 55.8 Å². The smallest absolute Gasteiger partial charge is 0.294 e. The number of aromatic nitrogens is 8. The van der Waals surface area contributed by atoms with Crippen molar-refractivity contribution in [1.82, 2.24) is 39.9 Å². The maximum absolute atomic E-state index is 12.5. The Morgan fingerprint density at radius 2 is 1.14 bits per heavy atom. The minimum absolute atomic E-state index is 0.0153. The lowest BCUT2D eigenvalue weighted by Gasteiger charge is -2.53. The molecular weight excluding hydrogens is 1080 g/mol. The first kappa shape index (κ1) is 51.5. The van der Waals surface area contributed by atoms with E-state index in [4.69, 9.17) is 29.9 Å². The van der Waals surface area contributed by atoms with E-state index >= 15 is 0 Å². The van der Waals surface area contributed by atoms with Crippen molar-refractivity contribution in [3.8, 4) is 75.0 Å². The molecular formula is C58H48N8O11S3. The van der Waals surface area contributed by atoms with Crippen LogP contribution < -0.4 is 0 Å². The Morgan fingerprint density at radius 3 is 1.81 bits per heavy atom. The third-order valence-corrected chi connectivity index (χ3v) is 19.7. The minimum Gasteiger partial charge on any atom is -0.508 e. The number of nitrogens with zero attached hydrogens (tertiary/aromatic N) is 6. The highest BCUT2D eigenvalue weighted by Gasteiger charge is 2.61. The second-order valence-corrected chi connectivity index (χ2v) is 25.8. The highest BCUT2D eigenvalue weighted by atomic mass is 32.2. The molecule has 0 radical (unpaired) electrons. The van der Waals surface area contributed by atoms with Crippen LogP contribution in [-0.2, 0) is 36.8 Å². The molecule has 3 aliphatic carbocycles. The van der Waals surface area contributed by atoms with Crippen molar-refractivity contribution in [1.29, 1.82) is 0 Å². The van der Waals surface area contributed by atoms with Gasteiger partial charge >= 0.3 is 0 Å². The number of fused-ring (bicyclic) bond motifs is 25. The van der Waals surface area contributed by atoms with E-state index in [1.54, 1.807) is 18.2 Å². The van der Waals surface area contributed by atoms with Gasteiger partial charge in [0.05, 0.1) is 20.3 Å². The van der Waals surface area contributed by atoms with Gasteiger partial charge in [-0.25, -0.2) is 29.9 Å². The van der Waals surface area contributed by atoms with E-state index in [0.717, 1.165) is 63.9 Å². The second kappa shape index (κ2) is 18.6. The van der Waals surface area contributed by atoms with Gasteiger partial charge in [-0.05, 0) is 189 Å². The second-order valence-electron chi connectivity index (χ2n) is 21.5. The van der Waals surface area contributed by atoms with Gasteiger partial charge in [-0.2, -0.15) is 25.3 Å². The van der Waals surface area contributed by atoms with Gasteiger partial charge in [-0.3, -0.25) is 13.7 Å². The van der Waals surface area contributed by atoms with E-state index in [1.807, 2.05) is 12.1 Å². The van der Waals surface area contributed by atoms with Crippen LogP contribution in [-0.4, -0.2) is 94.6 Å². The summed E-state index contributed by atoms with van der Waals surface area (Å²) in [5.74, 6) is 14.2. The molecule has 2 fully saturated rings. The van der Waals surface area contributed by atoms with E-state index in [9.17, 15) is 49.1 Å². The highest BCUT2D eigenvalue weighted by Crippen LogP contribution is 2.65. The number of H-pyrrole nitrogens is 2. The summed E-state index contributed by atoms with van der Waals surface area (Å²) >= 11 is 0. The van der Waals surface area contributed by atoms with Crippen LogP contribution in [0.4, 0.5) is 0 Å². The summed E-state index contributed by atoms with van der Waals surface area (Å²) in [6.07, 6.45) is 8.86.